The first-order chi connectivity index (χ1) is 9.56. The smallest absolute Gasteiger partial charge is 0.310 e. The molecule has 0 aliphatic heterocycles. The lowest BCUT2D eigenvalue weighted by molar-refractivity contribution is -0.384. The summed E-state index contributed by atoms with van der Waals surface area (Å²) in [5.74, 6) is 2.39. The van der Waals surface area contributed by atoms with Crippen molar-refractivity contribution in [3.8, 4) is 0 Å². The van der Waals surface area contributed by atoms with Crippen LogP contribution in [0.5, 0.6) is 0 Å². The first kappa shape index (κ1) is 13.7. The van der Waals surface area contributed by atoms with Crippen LogP contribution in [0.1, 0.15) is 25.7 Å². The summed E-state index contributed by atoms with van der Waals surface area (Å²) in [6.07, 6.45) is 5.35. The van der Waals surface area contributed by atoms with Crippen LogP contribution in [0.25, 0.3) is 0 Å². The highest BCUT2D eigenvalue weighted by atomic mass is 35.5. The maximum absolute atomic E-state index is 11.2. The highest BCUT2D eigenvalue weighted by Gasteiger charge is 2.40. The average Bonchev–Trinajstić information content (AvgIpc) is 3.00. The molecule has 1 aromatic rings. The molecule has 2 bridgehead atoms. The molecule has 2 aliphatic rings. The van der Waals surface area contributed by atoms with E-state index in [0.29, 0.717) is 11.6 Å². The molecule has 0 aromatic heterocycles. The Morgan fingerprint density at radius 2 is 2.20 bits per heavy atom. The monoisotopic (exact) mass is 294 g/mol. The SMILES string of the molecule is CN(CC1CC2CCC1C2)c1cccc(Cl)c1[N+](=O)[O-]. The molecular formula is C15H19ClN2O2. The summed E-state index contributed by atoms with van der Waals surface area (Å²) in [7, 11) is 1.94. The van der Waals surface area contributed by atoms with Crippen molar-refractivity contribution >= 4 is 23.0 Å². The molecule has 0 N–H and O–H groups in total. The van der Waals surface area contributed by atoms with E-state index in [4.69, 9.17) is 11.6 Å². The molecule has 0 amide bonds. The van der Waals surface area contributed by atoms with E-state index in [2.05, 4.69) is 0 Å². The van der Waals surface area contributed by atoms with Crippen molar-refractivity contribution in [2.75, 3.05) is 18.5 Å². The van der Waals surface area contributed by atoms with Gasteiger partial charge in [-0.15, -0.1) is 0 Å². The van der Waals surface area contributed by atoms with E-state index in [1.165, 1.54) is 25.7 Å². The molecule has 2 saturated carbocycles. The van der Waals surface area contributed by atoms with Gasteiger partial charge in [-0.05, 0) is 49.1 Å². The maximum Gasteiger partial charge on any atom is 0.310 e. The molecule has 0 spiro atoms. The van der Waals surface area contributed by atoms with Gasteiger partial charge in [-0.3, -0.25) is 10.1 Å². The van der Waals surface area contributed by atoms with Crippen molar-refractivity contribution in [3.05, 3.63) is 33.3 Å². The van der Waals surface area contributed by atoms with Crippen LogP contribution < -0.4 is 4.90 Å². The Morgan fingerprint density at radius 1 is 1.40 bits per heavy atom. The predicted octanol–water partition coefficient (Wildman–Crippen LogP) is 4.12. The van der Waals surface area contributed by atoms with Crippen LogP contribution in [0, 0.1) is 27.9 Å². The van der Waals surface area contributed by atoms with Crippen molar-refractivity contribution in [2.45, 2.75) is 25.7 Å². The molecule has 4 nitrogen and oxygen atoms in total. The Labute approximate surface area is 123 Å². The zero-order valence-corrected chi connectivity index (χ0v) is 12.3. The highest BCUT2D eigenvalue weighted by molar-refractivity contribution is 6.33. The van der Waals surface area contributed by atoms with E-state index >= 15 is 0 Å². The zero-order valence-electron chi connectivity index (χ0n) is 11.6. The number of nitro groups is 1. The number of nitro benzene ring substituents is 1. The predicted molar refractivity (Wildman–Crippen MR) is 80.3 cm³/mol. The third-order valence-electron chi connectivity index (χ3n) is 4.95. The van der Waals surface area contributed by atoms with Gasteiger partial charge in [0, 0.05) is 13.6 Å². The van der Waals surface area contributed by atoms with Crippen molar-refractivity contribution in [1.29, 1.82) is 0 Å². The Balaban J connectivity index is 1.79. The van der Waals surface area contributed by atoms with Gasteiger partial charge in [-0.1, -0.05) is 24.1 Å². The second-order valence-electron chi connectivity index (χ2n) is 6.18. The minimum Gasteiger partial charge on any atom is -0.369 e. The topological polar surface area (TPSA) is 46.4 Å². The molecule has 1 aromatic carbocycles. The largest absolute Gasteiger partial charge is 0.369 e. The summed E-state index contributed by atoms with van der Waals surface area (Å²) in [6, 6.07) is 5.15. The fraction of sp³-hybridized carbons (Fsp3) is 0.600. The Kier molecular flexibility index (Phi) is 3.59. The molecule has 5 heteroatoms. The Bertz CT molecular complexity index is 535. The van der Waals surface area contributed by atoms with E-state index in [0.717, 1.165) is 18.4 Å². The number of hydrogen-bond donors (Lipinski definition) is 0. The summed E-state index contributed by atoms with van der Waals surface area (Å²) < 4.78 is 0. The quantitative estimate of drug-likeness (QED) is 0.620. The molecule has 2 aliphatic carbocycles. The number of fused-ring (bicyclic) bond motifs is 2. The summed E-state index contributed by atoms with van der Waals surface area (Å²) in [5, 5.41) is 11.4. The van der Waals surface area contributed by atoms with Gasteiger partial charge in [0.1, 0.15) is 10.7 Å². The fourth-order valence-corrected chi connectivity index (χ4v) is 4.28. The summed E-state index contributed by atoms with van der Waals surface area (Å²) >= 11 is 5.98. The molecule has 3 rings (SSSR count). The van der Waals surface area contributed by atoms with Crippen LogP contribution in [-0.2, 0) is 0 Å². The first-order valence-electron chi connectivity index (χ1n) is 7.20. The summed E-state index contributed by atoms with van der Waals surface area (Å²) in [5.41, 5.74) is 0.657. The van der Waals surface area contributed by atoms with E-state index < -0.39 is 0 Å². The van der Waals surface area contributed by atoms with Gasteiger partial charge >= 0.3 is 5.69 Å². The van der Waals surface area contributed by atoms with Crippen LogP contribution in [0.2, 0.25) is 5.02 Å². The summed E-state index contributed by atoms with van der Waals surface area (Å²) in [6.45, 7) is 0.891. The number of benzene rings is 1. The third kappa shape index (κ3) is 2.37. The van der Waals surface area contributed by atoms with Crippen LogP contribution in [0.15, 0.2) is 18.2 Å². The summed E-state index contributed by atoms with van der Waals surface area (Å²) in [4.78, 5) is 12.8. The first-order valence-corrected chi connectivity index (χ1v) is 7.58. The van der Waals surface area contributed by atoms with Gasteiger partial charge in [0.15, 0.2) is 0 Å². The molecule has 0 heterocycles. The lowest BCUT2D eigenvalue weighted by Gasteiger charge is -2.28. The number of hydrogen-bond acceptors (Lipinski definition) is 3. The normalized spacial score (nSPS) is 27.8. The lowest BCUT2D eigenvalue weighted by atomic mass is 9.88. The molecule has 0 saturated heterocycles. The number of anilines is 1. The fourth-order valence-electron chi connectivity index (χ4n) is 4.04. The highest BCUT2D eigenvalue weighted by Crippen LogP contribution is 2.49. The Morgan fingerprint density at radius 3 is 2.80 bits per heavy atom. The van der Waals surface area contributed by atoms with Crippen LogP contribution in [0.4, 0.5) is 11.4 Å². The number of nitrogens with zero attached hydrogens (tertiary/aromatic N) is 2. The number of para-hydroxylation sites is 1. The van der Waals surface area contributed by atoms with E-state index in [1.54, 1.807) is 18.2 Å². The average molecular weight is 295 g/mol. The lowest BCUT2D eigenvalue weighted by Crippen LogP contribution is -2.29. The molecule has 108 valence electrons. The van der Waals surface area contributed by atoms with E-state index in [9.17, 15) is 10.1 Å². The standard InChI is InChI=1S/C15H19ClN2O2/c1-17(9-12-8-10-5-6-11(12)7-10)14-4-2-3-13(16)15(14)18(19)20/h2-4,10-12H,5-9H2,1H3. The molecule has 2 fully saturated rings. The second-order valence-corrected chi connectivity index (χ2v) is 6.59. The van der Waals surface area contributed by atoms with E-state index in [1.807, 2.05) is 11.9 Å². The van der Waals surface area contributed by atoms with Crippen molar-refractivity contribution in [3.63, 3.8) is 0 Å². The maximum atomic E-state index is 11.2. The van der Waals surface area contributed by atoms with Crippen LogP contribution in [-0.4, -0.2) is 18.5 Å². The van der Waals surface area contributed by atoms with Crippen molar-refractivity contribution < 1.29 is 4.92 Å². The second kappa shape index (κ2) is 5.24. The van der Waals surface area contributed by atoms with Crippen molar-refractivity contribution in [1.82, 2.24) is 0 Å². The van der Waals surface area contributed by atoms with Gasteiger partial charge in [0.2, 0.25) is 0 Å². The third-order valence-corrected chi connectivity index (χ3v) is 5.26. The van der Waals surface area contributed by atoms with Gasteiger partial charge in [-0.2, -0.15) is 0 Å². The van der Waals surface area contributed by atoms with Gasteiger partial charge in [0.25, 0.3) is 0 Å². The van der Waals surface area contributed by atoms with Crippen LogP contribution in [0.3, 0.4) is 0 Å². The molecular weight excluding hydrogens is 276 g/mol. The Hall–Kier alpha value is -1.29. The molecule has 20 heavy (non-hydrogen) atoms. The van der Waals surface area contributed by atoms with Gasteiger partial charge in [-0.25, -0.2) is 0 Å². The van der Waals surface area contributed by atoms with Gasteiger partial charge in [0.05, 0.1) is 4.92 Å². The van der Waals surface area contributed by atoms with Gasteiger partial charge < -0.3 is 4.90 Å². The molecule has 3 unspecified atom stereocenters. The minimum absolute atomic E-state index is 0.0276. The van der Waals surface area contributed by atoms with E-state index in [-0.39, 0.29) is 15.6 Å². The molecule has 3 atom stereocenters. The molecule has 0 radical (unpaired) electrons. The number of rotatable bonds is 4. The van der Waals surface area contributed by atoms with Crippen molar-refractivity contribution in [2.24, 2.45) is 17.8 Å². The van der Waals surface area contributed by atoms with Crippen LogP contribution >= 0.6 is 11.6 Å². The minimum atomic E-state index is -0.380. The zero-order chi connectivity index (χ0) is 14.3. The number of halogens is 1.